The zero-order chi connectivity index (χ0) is 14.2. The molecule has 0 spiro atoms. The molecule has 0 aromatic heterocycles. The van der Waals surface area contributed by atoms with Crippen LogP contribution in [0.4, 0.5) is 0 Å². The number of rotatable bonds is 8. The van der Waals surface area contributed by atoms with E-state index >= 15 is 0 Å². The molecule has 1 aliphatic heterocycles. The van der Waals surface area contributed by atoms with Crippen molar-refractivity contribution in [1.29, 1.82) is 0 Å². The summed E-state index contributed by atoms with van der Waals surface area (Å²) < 4.78 is 10.9. The molecule has 1 aromatic rings. The molecule has 1 heterocycles. The summed E-state index contributed by atoms with van der Waals surface area (Å²) in [5.41, 5.74) is 0. The van der Waals surface area contributed by atoms with Crippen molar-refractivity contribution in [2.45, 2.75) is 18.9 Å². The van der Waals surface area contributed by atoms with Crippen molar-refractivity contribution in [2.75, 3.05) is 39.5 Å². The lowest BCUT2D eigenvalue weighted by Gasteiger charge is -2.19. The molecule has 1 saturated heterocycles. The highest BCUT2D eigenvalue weighted by atomic mass is 35.5. The van der Waals surface area contributed by atoms with Crippen LogP contribution in [-0.4, -0.2) is 55.6 Å². The van der Waals surface area contributed by atoms with Crippen LogP contribution in [0.1, 0.15) is 12.8 Å². The first-order chi connectivity index (χ1) is 9.74. The van der Waals surface area contributed by atoms with Gasteiger partial charge in [-0.05, 0) is 50.2 Å². The monoisotopic (exact) mass is 335 g/mol. The summed E-state index contributed by atoms with van der Waals surface area (Å²) in [6.45, 7) is 4.20. The van der Waals surface area contributed by atoms with Crippen LogP contribution >= 0.6 is 24.0 Å². The molecule has 0 amide bonds. The van der Waals surface area contributed by atoms with Gasteiger partial charge in [-0.2, -0.15) is 0 Å². The molecule has 1 unspecified atom stereocenters. The number of benzene rings is 1. The lowest BCUT2D eigenvalue weighted by atomic mass is 10.3. The van der Waals surface area contributed by atoms with Crippen LogP contribution in [0.5, 0.6) is 5.75 Å². The predicted octanol–water partition coefficient (Wildman–Crippen LogP) is 2.61. The maximum atomic E-state index is 9.83. The van der Waals surface area contributed by atoms with E-state index in [1.807, 2.05) is 12.1 Å². The van der Waals surface area contributed by atoms with Gasteiger partial charge >= 0.3 is 0 Å². The fourth-order valence-corrected chi connectivity index (χ4v) is 2.41. The number of aliphatic hydroxyl groups excluding tert-OH is 1. The highest BCUT2D eigenvalue weighted by molar-refractivity contribution is 6.30. The van der Waals surface area contributed by atoms with Crippen molar-refractivity contribution >= 4 is 24.0 Å². The Morgan fingerprint density at radius 1 is 1.14 bits per heavy atom. The third kappa shape index (κ3) is 7.34. The molecule has 2 rings (SSSR count). The van der Waals surface area contributed by atoms with Gasteiger partial charge in [0.25, 0.3) is 0 Å². The molecule has 0 aliphatic carbocycles. The molecule has 1 fully saturated rings. The predicted molar refractivity (Wildman–Crippen MR) is 86.7 cm³/mol. The Balaban J connectivity index is 0.00000220. The van der Waals surface area contributed by atoms with Crippen LogP contribution in [0.15, 0.2) is 24.3 Å². The Morgan fingerprint density at radius 3 is 2.48 bits per heavy atom. The molecular formula is C15H23Cl2NO3. The van der Waals surface area contributed by atoms with Crippen LogP contribution < -0.4 is 4.74 Å². The third-order valence-corrected chi connectivity index (χ3v) is 3.54. The van der Waals surface area contributed by atoms with Gasteiger partial charge in [-0.25, -0.2) is 0 Å². The smallest absolute Gasteiger partial charge is 0.119 e. The van der Waals surface area contributed by atoms with Crippen molar-refractivity contribution in [1.82, 2.24) is 4.90 Å². The number of ether oxygens (including phenoxy) is 2. The van der Waals surface area contributed by atoms with Gasteiger partial charge in [-0.15, -0.1) is 12.4 Å². The second-order valence-corrected chi connectivity index (χ2v) is 5.48. The molecule has 1 atom stereocenters. The van der Waals surface area contributed by atoms with Gasteiger partial charge < -0.3 is 19.5 Å². The first-order valence-electron chi connectivity index (χ1n) is 7.10. The molecule has 0 bridgehead atoms. The lowest BCUT2D eigenvalue weighted by molar-refractivity contribution is 0.0111. The molecule has 1 N–H and O–H groups in total. The summed E-state index contributed by atoms with van der Waals surface area (Å²) in [6, 6.07) is 7.23. The fourth-order valence-electron chi connectivity index (χ4n) is 2.28. The molecule has 1 aliphatic rings. The van der Waals surface area contributed by atoms with Crippen LogP contribution in [0.25, 0.3) is 0 Å². The van der Waals surface area contributed by atoms with Crippen LogP contribution in [0.3, 0.4) is 0 Å². The van der Waals surface area contributed by atoms with Gasteiger partial charge in [0, 0.05) is 11.6 Å². The Bertz CT molecular complexity index is 383. The van der Waals surface area contributed by atoms with Crippen LogP contribution in [-0.2, 0) is 4.74 Å². The van der Waals surface area contributed by atoms with Gasteiger partial charge in [0.15, 0.2) is 0 Å². The number of hydrogen-bond acceptors (Lipinski definition) is 4. The quantitative estimate of drug-likeness (QED) is 0.741. The summed E-state index contributed by atoms with van der Waals surface area (Å²) in [7, 11) is 0. The lowest BCUT2D eigenvalue weighted by Crippen LogP contribution is -2.33. The second-order valence-electron chi connectivity index (χ2n) is 5.04. The Morgan fingerprint density at radius 2 is 1.81 bits per heavy atom. The molecule has 0 radical (unpaired) electrons. The zero-order valence-corrected chi connectivity index (χ0v) is 13.6. The average Bonchev–Trinajstić information content (AvgIpc) is 2.93. The maximum absolute atomic E-state index is 9.83. The standard InChI is InChI=1S/C15H22ClNO3.ClH/c16-13-3-5-15(6-4-13)20-10-9-19-12-14(18)11-17-7-1-2-8-17;/h3-6,14,18H,1-2,7-12H2;1H. The maximum Gasteiger partial charge on any atom is 0.119 e. The van der Waals surface area contributed by atoms with E-state index in [4.69, 9.17) is 21.1 Å². The minimum Gasteiger partial charge on any atom is -0.491 e. The van der Waals surface area contributed by atoms with E-state index in [9.17, 15) is 5.11 Å². The summed E-state index contributed by atoms with van der Waals surface area (Å²) in [4.78, 5) is 2.28. The molecule has 4 nitrogen and oxygen atoms in total. The van der Waals surface area contributed by atoms with E-state index in [1.165, 1.54) is 12.8 Å². The third-order valence-electron chi connectivity index (χ3n) is 3.29. The number of halogens is 2. The summed E-state index contributed by atoms with van der Waals surface area (Å²) in [5, 5.41) is 10.5. The largest absolute Gasteiger partial charge is 0.491 e. The Kier molecular flexibility index (Phi) is 9.04. The van der Waals surface area contributed by atoms with E-state index in [0.29, 0.717) is 31.4 Å². The zero-order valence-electron chi connectivity index (χ0n) is 12.0. The average molecular weight is 336 g/mol. The fraction of sp³-hybridized carbons (Fsp3) is 0.600. The number of nitrogens with zero attached hydrogens (tertiary/aromatic N) is 1. The first-order valence-corrected chi connectivity index (χ1v) is 7.48. The van der Waals surface area contributed by atoms with E-state index in [2.05, 4.69) is 4.90 Å². The van der Waals surface area contributed by atoms with Crippen molar-refractivity contribution in [2.24, 2.45) is 0 Å². The SMILES string of the molecule is Cl.OC(COCCOc1ccc(Cl)cc1)CN1CCCC1. The van der Waals surface area contributed by atoms with Crippen LogP contribution in [0.2, 0.25) is 5.02 Å². The Labute approximate surface area is 137 Å². The summed E-state index contributed by atoms with van der Waals surface area (Å²) in [6.07, 6.45) is 2.06. The first kappa shape index (κ1) is 18.5. The van der Waals surface area contributed by atoms with E-state index in [-0.39, 0.29) is 12.4 Å². The molecule has 0 saturated carbocycles. The van der Waals surface area contributed by atoms with Gasteiger partial charge in [-0.3, -0.25) is 0 Å². The van der Waals surface area contributed by atoms with Crippen molar-refractivity contribution in [3.63, 3.8) is 0 Å². The minimum atomic E-state index is -0.413. The van der Waals surface area contributed by atoms with Crippen molar-refractivity contribution in [3.8, 4) is 5.75 Å². The van der Waals surface area contributed by atoms with Crippen LogP contribution in [0, 0.1) is 0 Å². The number of likely N-dealkylation sites (tertiary alicyclic amines) is 1. The second kappa shape index (κ2) is 10.2. The van der Waals surface area contributed by atoms with E-state index in [1.54, 1.807) is 12.1 Å². The normalized spacial score (nSPS) is 16.5. The van der Waals surface area contributed by atoms with Crippen molar-refractivity contribution in [3.05, 3.63) is 29.3 Å². The molecular weight excluding hydrogens is 313 g/mol. The Hall–Kier alpha value is -0.520. The highest BCUT2D eigenvalue weighted by Gasteiger charge is 2.15. The van der Waals surface area contributed by atoms with Gasteiger partial charge in [0.05, 0.1) is 19.3 Å². The molecule has 21 heavy (non-hydrogen) atoms. The van der Waals surface area contributed by atoms with Gasteiger partial charge in [-0.1, -0.05) is 11.6 Å². The summed E-state index contributed by atoms with van der Waals surface area (Å²) in [5.74, 6) is 0.774. The van der Waals surface area contributed by atoms with Crippen molar-refractivity contribution < 1.29 is 14.6 Å². The topological polar surface area (TPSA) is 41.9 Å². The molecule has 1 aromatic carbocycles. The van der Waals surface area contributed by atoms with Gasteiger partial charge in [0.2, 0.25) is 0 Å². The number of hydrogen-bond donors (Lipinski definition) is 1. The molecule has 120 valence electrons. The van der Waals surface area contributed by atoms with E-state index < -0.39 is 6.10 Å². The van der Waals surface area contributed by atoms with E-state index in [0.717, 1.165) is 18.8 Å². The van der Waals surface area contributed by atoms with Gasteiger partial charge in [0.1, 0.15) is 12.4 Å². The molecule has 6 heteroatoms. The number of aliphatic hydroxyl groups is 1. The number of β-amino-alcohol motifs (C(OH)–C–C–N with tert-alkyl or cyclic N) is 1. The minimum absolute atomic E-state index is 0. The summed E-state index contributed by atoms with van der Waals surface area (Å²) >= 11 is 5.79. The highest BCUT2D eigenvalue weighted by Crippen LogP contribution is 2.15.